The van der Waals surface area contributed by atoms with Crippen molar-refractivity contribution in [2.75, 3.05) is 13.1 Å². The highest BCUT2D eigenvalue weighted by atomic mass is 19.4. The molecule has 0 saturated carbocycles. The van der Waals surface area contributed by atoms with E-state index >= 15 is 0 Å². The molecule has 2 heterocycles. The van der Waals surface area contributed by atoms with Gasteiger partial charge in [-0.05, 0) is 60.2 Å². The molecule has 4 aromatic rings. The lowest BCUT2D eigenvalue weighted by Crippen LogP contribution is -2.38. The van der Waals surface area contributed by atoms with Crippen molar-refractivity contribution >= 4 is 16.8 Å². The van der Waals surface area contributed by atoms with Crippen molar-refractivity contribution < 1.29 is 27.1 Å². The maximum absolute atomic E-state index is 13.7. The van der Waals surface area contributed by atoms with Crippen LogP contribution in [0.5, 0.6) is 5.75 Å². The highest BCUT2D eigenvalue weighted by molar-refractivity contribution is 5.97. The van der Waals surface area contributed by atoms with Gasteiger partial charge in [-0.2, -0.15) is 0 Å². The minimum atomic E-state index is -4.87. The summed E-state index contributed by atoms with van der Waals surface area (Å²) < 4.78 is 58.2. The number of ether oxygens (including phenoxy) is 1. The number of benzene rings is 3. The predicted molar refractivity (Wildman–Crippen MR) is 128 cm³/mol. The van der Waals surface area contributed by atoms with Gasteiger partial charge in [-0.3, -0.25) is 4.79 Å². The van der Waals surface area contributed by atoms with Crippen LogP contribution >= 0.6 is 0 Å². The number of piperidine rings is 1. The second-order valence-electron chi connectivity index (χ2n) is 8.97. The van der Waals surface area contributed by atoms with Crippen LogP contribution < -0.4 is 4.74 Å². The SMILES string of the molecule is O=C(c1ccccc1OC(F)(F)F)N1CCC(c2cn(Cc3cccc(F)c3)c3ccccc23)CC1. The summed E-state index contributed by atoms with van der Waals surface area (Å²) in [7, 11) is 0. The summed E-state index contributed by atoms with van der Waals surface area (Å²) in [5.74, 6) is -1.04. The summed E-state index contributed by atoms with van der Waals surface area (Å²) in [4.78, 5) is 14.6. The Labute approximate surface area is 205 Å². The van der Waals surface area contributed by atoms with Crippen LogP contribution in [0.2, 0.25) is 0 Å². The number of rotatable bonds is 5. The Bertz CT molecular complexity index is 1390. The number of carbonyl (C=O) groups excluding carboxylic acids is 1. The predicted octanol–water partition coefficient (Wildman–Crippen LogP) is 6.75. The molecule has 1 fully saturated rings. The van der Waals surface area contributed by atoms with Gasteiger partial charge in [0.15, 0.2) is 0 Å². The van der Waals surface area contributed by atoms with E-state index in [1.807, 2.05) is 24.3 Å². The maximum atomic E-state index is 13.7. The van der Waals surface area contributed by atoms with Crippen molar-refractivity contribution in [1.29, 1.82) is 0 Å². The summed E-state index contributed by atoms with van der Waals surface area (Å²) in [5.41, 5.74) is 2.98. The maximum Gasteiger partial charge on any atom is 0.573 e. The van der Waals surface area contributed by atoms with E-state index in [0.29, 0.717) is 32.5 Å². The molecule has 0 N–H and O–H groups in total. The van der Waals surface area contributed by atoms with Crippen LogP contribution in [0.3, 0.4) is 0 Å². The van der Waals surface area contributed by atoms with Crippen molar-refractivity contribution in [2.24, 2.45) is 0 Å². The Morgan fingerprint density at radius 3 is 2.42 bits per heavy atom. The zero-order valence-corrected chi connectivity index (χ0v) is 19.3. The molecule has 0 aliphatic carbocycles. The average Bonchev–Trinajstić information content (AvgIpc) is 3.21. The van der Waals surface area contributed by atoms with Gasteiger partial charge in [0.25, 0.3) is 5.91 Å². The Kier molecular flexibility index (Phi) is 6.43. The fourth-order valence-electron chi connectivity index (χ4n) is 4.98. The standard InChI is InChI=1S/C28H24F4N2O2/c29-21-7-5-6-19(16-21)17-34-18-24(22-8-1-3-10-25(22)34)20-12-14-33(15-13-20)27(35)23-9-2-4-11-26(23)36-28(30,31)32/h1-11,16,18,20H,12-15,17H2. The first-order valence-electron chi connectivity index (χ1n) is 11.7. The van der Waals surface area contributed by atoms with E-state index < -0.39 is 18.0 Å². The third-order valence-electron chi connectivity index (χ3n) is 6.63. The zero-order chi connectivity index (χ0) is 25.3. The molecule has 1 saturated heterocycles. The average molecular weight is 497 g/mol. The minimum Gasteiger partial charge on any atom is -0.405 e. The first-order chi connectivity index (χ1) is 17.3. The smallest absolute Gasteiger partial charge is 0.405 e. The third kappa shape index (κ3) is 5.08. The number of alkyl halides is 3. The van der Waals surface area contributed by atoms with Gasteiger partial charge in [0, 0.05) is 36.7 Å². The lowest BCUT2D eigenvalue weighted by Gasteiger charge is -2.32. The minimum absolute atomic E-state index is 0.0972. The van der Waals surface area contributed by atoms with E-state index in [2.05, 4.69) is 21.6 Å². The summed E-state index contributed by atoms with van der Waals surface area (Å²) >= 11 is 0. The molecule has 5 rings (SSSR count). The van der Waals surface area contributed by atoms with E-state index in [-0.39, 0.29) is 17.3 Å². The second kappa shape index (κ2) is 9.68. The number of likely N-dealkylation sites (tertiary alicyclic amines) is 1. The van der Waals surface area contributed by atoms with Crippen molar-refractivity contribution in [3.05, 3.63) is 102 Å². The summed E-state index contributed by atoms with van der Waals surface area (Å²) in [6, 6.07) is 20.0. The number of fused-ring (bicyclic) bond motifs is 1. The number of hydrogen-bond donors (Lipinski definition) is 0. The molecule has 0 atom stereocenters. The fourth-order valence-corrected chi connectivity index (χ4v) is 4.98. The fraction of sp³-hybridized carbons (Fsp3) is 0.250. The molecule has 36 heavy (non-hydrogen) atoms. The number of aromatic nitrogens is 1. The number of nitrogens with zero attached hydrogens (tertiary/aromatic N) is 2. The molecule has 0 spiro atoms. The van der Waals surface area contributed by atoms with Crippen molar-refractivity contribution in [3.63, 3.8) is 0 Å². The molecule has 4 nitrogen and oxygen atoms in total. The number of carbonyl (C=O) groups is 1. The molecule has 186 valence electrons. The van der Waals surface area contributed by atoms with Gasteiger partial charge in [0.2, 0.25) is 0 Å². The molecule has 0 radical (unpaired) electrons. The van der Waals surface area contributed by atoms with Crippen LogP contribution in [0, 0.1) is 5.82 Å². The number of amides is 1. The Balaban J connectivity index is 1.34. The van der Waals surface area contributed by atoms with Gasteiger partial charge >= 0.3 is 6.36 Å². The molecular formula is C28H24F4N2O2. The highest BCUT2D eigenvalue weighted by Gasteiger charge is 2.34. The third-order valence-corrected chi connectivity index (χ3v) is 6.63. The monoisotopic (exact) mass is 496 g/mol. The van der Waals surface area contributed by atoms with E-state index in [9.17, 15) is 22.4 Å². The van der Waals surface area contributed by atoms with E-state index in [1.54, 1.807) is 11.0 Å². The first kappa shape index (κ1) is 23.9. The Hall–Kier alpha value is -3.81. The molecular weight excluding hydrogens is 472 g/mol. The first-order valence-corrected chi connectivity index (χ1v) is 11.7. The van der Waals surface area contributed by atoms with Gasteiger partial charge in [0.1, 0.15) is 11.6 Å². The van der Waals surface area contributed by atoms with Crippen LogP contribution in [0.25, 0.3) is 10.9 Å². The second-order valence-corrected chi connectivity index (χ2v) is 8.97. The normalized spacial score (nSPS) is 14.8. The quantitative estimate of drug-likeness (QED) is 0.287. The van der Waals surface area contributed by atoms with Gasteiger partial charge in [-0.1, -0.05) is 42.5 Å². The summed E-state index contributed by atoms with van der Waals surface area (Å²) in [5, 5.41) is 1.11. The van der Waals surface area contributed by atoms with Crippen LogP contribution in [0.1, 0.15) is 40.2 Å². The lowest BCUT2D eigenvalue weighted by atomic mass is 9.89. The molecule has 0 bridgehead atoms. The summed E-state index contributed by atoms with van der Waals surface area (Å²) in [6.07, 6.45) is -1.41. The van der Waals surface area contributed by atoms with Crippen LogP contribution in [0.4, 0.5) is 17.6 Å². The van der Waals surface area contributed by atoms with E-state index in [0.717, 1.165) is 28.1 Å². The van der Waals surface area contributed by atoms with Crippen molar-refractivity contribution in [1.82, 2.24) is 9.47 Å². The molecule has 1 amide bonds. The molecule has 1 aromatic heterocycles. The number of para-hydroxylation sites is 2. The molecule has 0 unspecified atom stereocenters. The molecule has 3 aromatic carbocycles. The van der Waals surface area contributed by atoms with Gasteiger partial charge in [-0.15, -0.1) is 13.2 Å². The van der Waals surface area contributed by atoms with E-state index in [1.165, 1.54) is 30.3 Å². The van der Waals surface area contributed by atoms with Gasteiger partial charge in [0.05, 0.1) is 5.56 Å². The van der Waals surface area contributed by atoms with Crippen LogP contribution in [0.15, 0.2) is 79.0 Å². The van der Waals surface area contributed by atoms with Crippen molar-refractivity contribution in [3.8, 4) is 5.75 Å². The summed E-state index contributed by atoms with van der Waals surface area (Å²) in [6.45, 7) is 1.38. The van der Waals surface area contributed by atoms with Crippen LogP contribution in [-0.2, 0) is 6.54 Å². The van der Waals surface area contributed by atoms with Gasteiger partial charge < -0.3 is 14.2 Å². The zero-order valence-electron chi connectivity index (χ0n) is 19.3. The molecule has 1 aliphatic rings. The Morgan fingerprint density at radius 1 is 0.944 bits per heavy atom. The molecule has 1 aliphatic heterocycles. The number of hydrogen-bond acceptors (Lipinski definition) is 2. The topological polar surface area (TPSA) is 34.5 Å². The van der Waals surface area contributed by atoms with Gasteiger partial charge in [-0.25, -0.2) is 4.39 Å². The Morgan fingerprint density at radius 2 is 1.67 bits per heavy atom. The highest BCUT2D eigenvalue weighted by Crippen LogP contribution is 2.36. The number of halogens is 4. The lowest BCUT2D eigenvalue weighted by molar-refractivity contribution is -0.274. The van der Waals surface area contributed by atoms with Crippen LogP contribution in [-0.4, -0.2) is 34.8 Å². The van der Waals surface area contributed by atoms with Crippen molar-refractivity contribution in [2.45, 2.75) is 31.7 Å². The van der Waals surface area contributed by atoms with E-state index in [4.69, 9.17) is 0 Å². The molecule has 8 heteroatoms. The largest absolute Gasteiger partial charge is 0.573 e.